The molecule has 0 bridgehead atoms. The van der Waals surface area contributed by atoms with Gasteiger partial charge in [-0.3, -0.25) is 4.79 Å². The Bertz CT molecular complexity index is 1100. The molecule has 0 N–H and O–H groups in total. The van der Waals surface area contributed by atoms with Crippen molar-refractivity contribution in [2.24, 2.45) is 0 Å². The first-order valence-electron chi connectivity index (χ1n) is 8.87. The van der Waals surface area contributed by atoms with Crippen molar-refractivity contribution >= 4 is 39.9 Å². The number of para-hydroxylation sites is 1. The third-order valence-corrected chi connectivity index (χ3v) is 6.42. The molecule has 0 saturated heterocycles. The molecule has 140 valence electrons. The van der Waals surface area contributed by atoms with E-state index in [4.69, 9.17) is 9.97 Å². The van der Waals surface area contributed by atoms with Gasteiger partial charge in [0, 0.05) is 19.5 Å². The first-order chi connectivity index (χ1) is 13.6. The minimum absolute atomic E-state index is 0.0385. The van der Waals surface area contributed by atoms with Crippen LogP contribution in [0.2, 0.25) is 0 Å². The summed E-state index contributed by atoms with van der Waals surface area (Å²) in [4.78, 5) is 25.2. The maximum Gasteiger partial charge on any atom is 0.240 e. The highest BCUT2D eigenvalue weighted by Gasteiger charge is 2.25. The van der Waals surface area contributed by atoms with Gasteiger partial charge in [-0.1, -0.05) is 66.4 Å². The molecular formula is C22H19N3OS2. The average Bonchev–Trinajstić information content (AvgIpc) is 3.26. The normalized spacial score (nSPS) is 12.1. The molecule has 2 heterocycles. The number of thiophene rings is 1. The molecule has 0 unspecified atom stereocenters. The van der Waals surface area contributed by atoms with E-state index in [0.717, 1.165) is 26.4 Å². The van der Waals surface area contributed by atoms with E-state index in [1.807, 2.05) is 72.1 Å². The van der Waals surface area contributed by atoms with E-state index in [1.54, 1.807) is 30.3 Å². The maximum atomic E-state index is 13.0. The van der Waals surface area contributed by atoms with Gasteiger partial charge in [0.15, 0.2) is 5.82 Å². The maximum absolute atomic E-state index is 13.0. The molecule has 2 aromatic heterocycles. The van der Waals surface area contributed by atoms with Gasteiger partial charge in [-0.25, -0.2) is 9.97 Å². The van der Waals surface area contributed by atoms with Crippen molar-refractivity contribution < 1.29 is 4.79 Å². The third-order valence-electron chi connectivity index (χ3n) is 4.31. The Morgan fingerprint density at radius 3 is 2.43 bits per heavy atom. The van der Waals surface area contributed by atoms with E-state index in [2.05, 4.69) is 0 Å². The fraction of sp³-hybridized carbons (Fsp3) is 0.136. The van der Waals surface area contributed by atoms with E-state index in [1.165, 1.54) is 11.8 Å². The van der Waals surface area contributed by atoms with Gasteiger partial charge in [-0.15, -0.1) is 11.3 Å². The van der Waals surface area contributed by atoms with E-state index in [0.29, 0.717) is 5.82 Å². The van der Waals surface area contributed by atoms with Crippen LogP contribution in [-0.4, -0.2) is 34.9 Å². The Kier molecular flexibility index (Phi) is 5.41. The van der Waals surface area contributed by atoms with Crippen LogP contribution < -0.4 is 0 Å². The number of hydrogen-bond acceptors (Lipinski definition) is 5. The monoisotopic (exact) mass is 405 g/mol. The van der Waals surface area contributed by atoms with Gasteiger partial charge in [-0.05, 0) is 23.1 Å². The number of thioether (sulfide) groups is 1. The zero-order valence-electron chi connectivity index (χ0n) is 15.6. The molecule has 4 rings (SSSR count). The minimum Gasteiger partial charge on any atom is -0.348 e. The molecule has 0 radical (unpaired) electrons. The lowest BCUT2D eigenvalue weighted by Gasteiger charge is -2.21. The number of carbonyl (C=O) groups excluding carboxylic acids is 1. The van der Waals surface area contributed by atoms with Crippen molar-refractivity contribution in [1.82, 2.24) is 14.9 Å². The molecule has 0 aliphatic heterocycles. The second-order valence-electron chi connectivity index (χ2n) is 6.49. The van der Waals surface area contributed by atoms with Crippen LogP contribution in [0.3, 0.4) is 0 Å². The Morgan fingerprint density at radius 1 is 0.964 bits per heavy atom. The summed E-state index contributed by atoms with van der Waals surface area (Å²) in [5.41, 5.74) is 1.85. The van der Waals surface area contributed by atoms with Crippen molar-refractivity contribution in [2.75, 3.05) is 14.1 Å². The number of amides is 1. The van der Waals surface area contributed by atoms with Crippen LogP contribution in [0.25, 0.3) is 21.6 Å². The van der Waals surface area contributed by atoms with E-state index >= 15 is 0 Å². The highest BCUT2D eigenvalue weighted by molar-refractivity contribution is 8.00. The summed E-state index contributed by atoms with van der Waals surface area (Å²) >= 11 is 3.09. The standard InChI is InChI=1S/C22H19N3OS2/c1-25(2)22(26)19(15-9-4-3-5-10-15)28-21-16-11-6-7-12-17(16)23-20(24-21)18-13-8-14-27-18/h3-14,19H,1-2H3/t19-/m0/s1. The molecule has 4 aromatic rings. The summed E-state index contributed by atoms with van der Waals surface area (Å²) in [6, 6.07) is 21.8. The molecule has 6 heteroatoms. The van der Waals surface area contributed by atoms with Crippen LogP contribution in [0.4, 0.5) is 0 Å². The molecule has 0 aliphatic rings. The predicted octanol–water partition coefficient (Wildman–Crippen LogP) is 5.28. The average molecular weight is 406 g/mol. The molecule has 0 saturated carbocycles. The molecule has 2 aromatic carbocycles. The first kappa shape index (κ1) is 18.7. The van der Waals surface area contributed by atoms with Gasteiger partial charge in [0.2, 0.25) is 5.91 Å². The van der Waals surface area contributed by atoms with Gasteiger partial charge in [0.1, 0.15) is 10.3 Å². The third kappa shape index (κ3) is 3.79. The van der Waals surface area contributed by atoms with E-state index < -0.39 is 0 Å². The van der Waals surface area contributed by atoms with Crippen LogP contribution in [0.15, 0.2) is 77.1 Å². The second-order valence-corrected chi connectivity index (χ2v) is 8.53. The second kappa shape index (κ2) is 8.12. The summed E-state index contributed by atoms with van der Waals surface area (Å²) in [6.45, 7) is 0. The number of carbonyl (C=O) groups is 1. The largest absolute Gasteiger partial charge is 0.348 e. The molecule has 4 nitrogen and oxygen atoms in total. The fourth-order valence-electron chi connectivity index (χ4n) is 2.89. The van der Waals surface area contributed by atoms with Crippen LogP contribution in [0, 0.1) is 0 Å². The van der Waals surface area contributed by atoms with Gasteiger partial charge >= 0.3 is 0 Å². The number of aromatic nitrogens is 2. The topological polar surface area (TPSA) is 46.1 Å². The zero-order chi connectivity index (χ0) is 19.5. The lowest BCUT2D eigenvalue weighted by Crippen LogP contribution is -2.26. The lowest BCUT2D eigenvalue weighted by atomic mass is 10.1. The number of likely N-dealkylation sites (N-methyl/N-ethyl adjacent to an activating group) is 1. The first-order valence-corrected chi connectivity index (χ1v) is 10.6. The summed E-state index contributed by atoms with van der Waals surface area (Å²) in [5.74, 6) is 0.733. The summed E-state index contributed by atoms with van der Waals surface area (Å²) in [5, 5.41) is 3.42. The van der Waals surface area contributed by atoms with E-state index in [9.17, 15) is 4.79 Å². The summed E-state index contributed by atoms with van der Waals surface area (Å²) < 4.78 is 0. The Hall–Kier alpha value is -2.70. The Morgan fingerprint density at radius 2 is 1.71 bits per heavy atom. The van der Waals surface area contributed by atoms with Crippen LogP contribution in [-0.2, 0) is 4.79 Å². The molecule has 1 atom stereocenters. The number of fused-ring (bicyclic) bond motifs is 1. The van der Waals surface area contributed by atoms with Gasteiger partial charge in [0.25, 0.3) is 0 Å². The smallest absolute Gasteiger partial charge is 0.240 e. The van der Waals surface area contributed by atoms with Crippen LogP contribution in [0.5, 0.6) is 0 Å². The minimum atomic E-state index is -0.370. The van der Waals surface area contributed by atoms with Crippen molar-refractivity contribution in [3.05, 3.63) is 77.7 Å². The predicted molar refractivity (Wildman–Crippen MR) is 117 cm³/mol. The highest BCUT2D eigenvalue weighted by atomic mass is 32.2. The van der Waals surface area contributed by atoms with Crippen molar-refractivity contribution in [1.29, 1.82) is 0 Å². The fourth-order valence-corrected chi connectivity index (χ4v) is 4.81. The Labute approximate surface area is 172 Å². The molecule has 28 heavy (non-hydrogen) atoms. The SMILES string of the molecule is CN(C)C(=O)[C@@H](Sc1nc(-c2cccs2)nc2ccccc12)c1ccccc1. The molecule has 0 fully saturated rings. The highest BCUT2D eigenvalue weighted by Crippen LogP contribution is 2.39. The number of hydrogen-bond donors (Lipinski definition) is 0. The van der Waals surface area contributed by atoms with Crippen molar-refractivity contribution in [3.63, 3.8) is 0 Å². The van der Waals surface area contributed by atoms with E-state index in [-0.39, 0.29) is 11.2 Å². The van der Waals surface area contributed by atoms with Gasteiger partial charge in [0.05, 0.1) is 10.4 Å². The van der Waals surface area contributed by atoms with Gasteiger partial charge < -0.3 is 4.90 Å². The lowest BCUT2D eigenvalue weighted by molar-refractivity contribution is -0.128. The van der Waals surface area contributed by atoms with Crippen molar-refractivity contribution in [2.45, 2.75) is 10.3 Å². The van der Waals surface area contributed by atoms with Crippen molar-refractivity contribution in [3.8, 4) is 10.7 Å². The molecule has 1 amide bonds. The molecule has 0 aliphatic carbocycles. The zero-order valence-corrected chi connectivity index (χ0v) is 17.2. The summed E-state index contributed by atoms with van der Waals surface area (Å²) in [6.07, 6.45) is 0. The van der Waals surface area contributed by atoms with Gasteiger partial charge in [-0.2, -0.15) is 0 Å². The summed E-state index contributed by atoms with van der Waals surface area (Å²) in [7, 11) is 3.57. The molecule has 0 spiro atoms. The van der Waals surface area contributed by atoms with Crippen LogP contribution >= 0.6 is 23.1 Å². The number of rotatable bonds is 5. The van der Waals surface area contributed by atoms with Crippen LogP contribution in [0.1, 0.15) is 10.8 Å². The molecular weight excluding hydrogens is 386 g/mol. The number of nitrogens with zero attached hydrogens (tertiary/aromatic N) is 3. The number of benzene rings is 2. The Balaban J connectivity index is 1.83. The quantitative estimate of drug-likeness (QED) is 0.335.